The number of ether oxygens (including phenoxy) is 4. The molecule has 2 bridgehead atoms. The number of halogens is 1. The second-order valence-corrected chi connectivity index (χ2v) is 13.2. The molecule has 7 rings (SSSR count). The average Bonchev–Trinajstić information content (AvgIpc) is 3.65. The molecule has 4 fully saturated rings. The number of anilines is 2. The van der Waals surface area contributed by atoms with Crippen molar-refractivity contribution in [2.45, 2.75) is 76.1 Å². The Morgan fingerprint density at radius 3 is 2.50 bits per heavy atom. The number of nitrogens with two attached hydrogens (primary N) is 1. The Morgan fingerprint density at radius 2 is 1.81 bits per heavy atom. The average molecular weight is 680 g/mol. The summed E-state index contributed by atoms with van der Waals surface area (Å²) in [5.41, 5.74) is 7.68. The van der Waals surface area contributed by atoms with Crippen molar-refractivity contribution in [3.05, 3.63) is 41.8 Å². The fraction of sp³-hybridized carbons (Fsp3) is 0.559. The van der Waals surface area contributed by atoms with Crippen LogP contribution in [0.15, 0.2) is 46.8 Å². The topological polar surface area (TPSA) is 155 Å². The van der Waals surface area contributed by atoms with E-state index in [1.807, 2.05) is 29.9 Å². The number of fused-ring (bicyclic) bond motifs is 2. The molecule has 2 aromatic heterocycles. The van der Waals surface area contributed by atoms with Crippen LogP contribution < -0.4 is 25.8 Å². The van der Waals surface area contributed by atoms with E-state index in [4.69, 9.17) is 41.4 Å². The summed E-state index contributed by atoms with van der Waals surface area (Å²) in [4.78, 5) is 17.0. The smallest absolute Gasteiger partial charge is 0.256 e. The molecule has 14 heteroatoms. The number of nitrogens with one attached hydrogen (secondary N) is 2. The molecule has 1 aromatic carbocycles. The summed E-state index contributed by atoms with van der Waals surface area (Å²) in [7, 11) is 0. The van der Waals surface area contributed by atoms with Crippen LogP contribution in [0, 0.1) is 5.92 Å². The quantitative estimate of drug-likeness (QED) is 0.172. The van der Waals surface area contributed by atoms with Crippen molar-refractivity contribution in [2.75, 3.05) is 44.9 Å². The van der Waals surface area contributed by atoms with E-state index in [9.17, 15) is 0 Å². The first-order valence-corrected chi connectivity index (χ1v) is 17.3. The predicted molar refractivity (Wildman–Crippen MR) is 187 cm³/mol. The van der Waals surface area contributed by atoms with E-state index in [-0.39, 0.29) is 6.10 Å². The number of rotatable bonds is 12. The third-order valence-corrected chi connectivity index (χ3v) is 9.18. The molecule has 1 unspecified atom stereocenters. The number of morpholine rings is 1. The minimum atomic E-state index is -0.206. The van der Waals surface area contributed by atoms with Crippen LogP contribution in [0.2, 0.25) is 5.02 Å². The summed E-state index contributed by atoms with van der Waals surface area (Å²) in [6, 6.07) is 7.34. The van der Waals surface area contributed by atoms with Crippen LogP contribution in [-0.2, 0) is 9.47 Å². The summed E-state index contributed by atoms with van der Waals surface area (Å²) in [6.45, 7) is 6.23. The van der Waals surface area contributed by atoms with E-state index < -0.39 is 0 Å². The zero-order valence-electron chi connectivity index (χ0n) is 27.5. The molecular weight excluding hydrogens is 634 g/mol. The largest absolute Gasteiger partial charge is 0.487 e. The highest BCUT2D eigenvalue weighted by Gasteiger charge is 2.28. The monoisotopic (exact) mass is 679 g/mol. The molecule has 4 N–H and O–H groups in total. The van der Waals surface area contributed by atoms with Crippen molar-refractivity contribution in [3.8, 4) is 22.8 Å². The van der Waals surface area contributed by atoms with Gasteiger partial charge in [0.2, 0.25) is 5.95 Å². The Bertz CT molecular complexity index is 1490. The molecule has 258 valence electrons. The van der Waals surface area contributed by atoms with E-state index in [0.717, 1.165) is 56.1 Å². The second-order valence-electron chi connectivity index (χ2n) is 12.8. The molecule has 4 aliphatic rings. The van der Waals surface area contributed by atoms with Crippen LogP contribution in [0.5, 0.6) is 11.6 Å². The predicted octanol–water partition coefficient (Wildman–Crippen LogP) is 5.19. The maximum Gasteiger partial charge on any atom is 0.256 e. The second kappa shape index (κ2) is 17.0. The standard InChI is InChI=1S/C28H35ClN8O3.C6H11NO/c1-19(10-31-18-32-17-30)40-26-9-21(7-8-24(26)29)22-11-33-28(34-12-22)35-25-13-37(23-5-3-2-4-6-23)36-27(25)39-16-20-14-38-15-20;1-2-6-4-8-3-5(1)7-6/h7-9,11-13,17-20,23H,2-6,10,14-16H2,1H3,(H2,30,31,32)(H,33,34,35);5-7H,1-4H2/t19-;5-,6?/m01/s1. The van der Waals surface area contributed by atoms with Gasteiger partial charge in [-0.2, -0.15) is 0 Å². The molecule has 1 aliphatic carbocycles. The molecule has 3 atom stereocenters. The summed E-state index contributed by atoms with van der Waals surface area (Å²) >= 11 is 6.39. The first-order valence-electron chi connectivity index (χ1n) is 16.9. The van der Waals surface area contributed by atoms with Gasteiger partial charge in [0.15, 0.2) is 0 Å². The lowest BCUT2D eigenvalue weighted by Gasteiger charge is -2.25. The molecule has 0 amide bonds. The highest BCUT2D eigenvalue weighted by atomic mass is 35.5. The van der Waals surface area contributed by atoms with Gasteiger partial charge in [-0.05, 0) is 50.3 Å². The zero-order chi connectivity index (χ0) is 33.1. The minimum absolute atomic E-state index is 0.206. The lowest BCUT2D eigenvalue weighted by molar-refractivity contribution is -0.0514. The van der Waals surface area contributed by atoms with Crippen LogP contribution in [0.1, 0.15) is 57.9 Å². The molecule has 0 spiro atoms. The van der Waals surface area contributed by atoms with E-state index >= 15 is 0 Å². The molecule has 0 radical (unpaired) electrons. The van der Waals surface area contributed by atoms with Crippen molar-refractivity contribution in [1.82, 2.24) is 25.1 Å². The van der Waals surface area contributed by atoms with Crippen LogP contribution in [0.25, 0.3) is 11.1 Å². The van der Waals surface area contributed by atoms with Crippen molar-refractivity contribution in [2.24, 2.45) is 21.6 Å². The molecular formula is C34H46ClN9O4. The summed E-state index contributed by atoms with van der Waals surface area (Å²) in [5, 5.41) is 12.1. The molecule has 13 nitrogen and oxygen atoms in total. The Hall–Kier alpha value is -3.78. The van der Waals surface area contributed by atoms with E-state index in [0.29, 0.717) is 59.8 Å². The number of nitrogens with zero attached hydrogens (tertiary/aromatic N) is 6. The van der Waals surface area contributed by atoms with Gasteiger partial charge >= 0.3 is 0 Å². The van der Waals surface area contributed by atoms with Crippen LogP contribution in [-0.4, -0.2) is 90.2 Å². The summed E-state index contributed by atoms with van der Waals surface area (Å²) in [5.74, 6) is 1.98. The van der Waals surface area contributed by atoms with Crippen molar-refractivity contribution < 1.29 is 18.9 Å². The first-order chi connectivity index (χ1) is 23.5. The highest BCUT2D eigenvalue weighted by molar-refractivity contribution is 6.32. The van der Waals surface area contributed by atoms with Crippen LogP contribution in [0.3, 0.4) is 0 Å². The van der Waals surface area contributed by atoms with Gasteiger partial charge in [0.25, 0.3) is 5.88 Å². The molecule has 3 aromatic rings. The lowest BCUT2D eigenvalue weighted by atomic mass is 9.96. The number of hydrogen-bond donors (Lipinski definition) is 3. The number of aromatic nitrogens is 4. The highest BCUT2D eigenvalue weighted by Crippen LogP contribution is 2.34. The van der Waals surface area contributed by atoms with Gasteiger partial charge in [-0.25, -0.2) is 15.0 Å². The maximum absolute atomic E-state index is 6.39. The number of hydrogen-bond acceptors (Lipinski definition) is 10. The third-order valence-electron chi connectivity index (χ3n) is 8.87. The first kappa shape index (κ1) is 34.1. The normalized spacial score (nSPS) is 21.9. The van der Waals surface area contributed by atoms with Gasteiger partial charge in [0.05, 0.1) is 63.2 Å². The zero-order valence-corrected chi connectivity index (χ0v) is 28.2. The Labute approximate surface area is 286 Å². The van der Waals surface area contributed by atoms with E-state index in [1.54, 1.807) is 18.5 Å². The van der Waals surface area contributed by atoms with Crippen LogP contribution in [0.4, 0.5) is 11.6 Å². The van der Waals surface area contributed by atoms with Crippen molar-refractivity contribution >= 4 is 35.9 Å². The van der Waals surface area contributed by atoms with E-state index in [2.05, 4.69) is 30.6 Å². The molecule has 3 saturated heterocycles. The number of benzene rings is 1. The third kappa shape index (κ3) is 9.43. The van der Waals surface area contributed by atoms with Gasteiger partial charge < -0.3 is 35.3 Å². The lowest BCUT2D eigenvalue weighted by Crippen LogP contribution is -2.41. The van der Waals surface area contributed by atoms with Gasteiger partial charge in [-0.15, -0.1) is 5.10 Å². The van der Waals surface area contributed by atoms with Gasteiger partial charge in [0, 0.05) is 36.0 Å². The summed E-state index contributed by atoms with van der Waals surface area (Å²) < 4.78 is 24.7. The Morgan fingerprint density at radius 1 is 1.06 bits per heavy atom. The van der Waals surface area contributed by atoms with Gasteiger partial charge in [-0.1, -0.05) is 36.9 Å². The van der Waals surface area contributed by atoms with Gasteiger partial charge in [0.1, 0.15) is 23.9 Å². The fourth-order valence-corrected chi connectivity index (χ4v) is 6.33. The van der Waals surface area contributed by atoms with E-state index in [1.165, 1.54) is 44.8 Å². The molecule has 3 aliphatic heterocycles. The molecule has 1 saturated carbocycles. The maximum atomic E-state index is 6.39. The molecule has 5 heterocycles. The van der Waals surface area contributed by atoms with Crippen LogP contribution >= 0.6 is 11.6 Å². The number of aliphatic imine (C=N–C) groups is 2. The fourth-order valence-electron chi connectivity index (χ4n) is 6.17. The van der Waals surface area contributed by atoms with Crippen molar-refractivity contribution in [1.29, 1.82) is 0 Å². The SMILES string of the molecule is C1C[C@@H]2COCC1N2.C[C@@H](CN=CN=CN)Oc1cc(-c2cnc(Nc3cn(C4CCCCC4)nc3OCC3COC3)nc2)ccc1Cl. The summed E-state index contributed by atoms with van der Waals surface area (Å²) in [6.07, 6.45) is 16.5. The molecule has 48 heavy (non-hydrogen) atoms. The Kier molecular flexibility index (Phi) is 12.1. The Balaban J connectivity index is 0.000000433. The van der Waals surface area contributed by atoms with Gasteiger partial charge in [-0.3, -0.25) is 9.67 Å². The minimum Gasteiger partial charge on any atom is -0.487 e. The van der Waals surface area contributed by atoms with Crippen molar-refractivity contribution in [3.63, 3.8) is 0 Å².